The lowest BCUT2D eigenvalue weighted by atomic mass is 10.1. The Kier molecular flexibility index (Phi) is 2.00. The molecule has 0 aliphatic carbocycles. The normalized spacial score (nSPS) is 10.7. The fraction of sp³-hybridized carbons (Fsp3) is 0. The maximum Gasteiger partial charge on any atom is 0.0702 e. The second kappa shape index (κ2) is 3.48. The number of benzene rings is 1. The zero-order chi connectivity index (χ0) is 10.1. The molecule has 0 N–H and O–H groups in total. The van der Waals surface area contributed by atoms with Crippen LogP contribution in [-0.2, 0) is 0 Å². The molecule has 15 heavy (non-hydrogen) atoms. The lowest BCUT2D eigenvalue weighted by Crippen LogP contribution is -1.80. The Hall–Kier alpha value is -1.67. The zero-order valence-corrected chi connectivity index (χ0v) is 8.87. The van der Waals surface area contributed by atoms with Gasteiger partial charge < -0.3 is 0 Å². The Labute approximate surface area is 92.0 Å². The average molecular weight is 211 g/mol. The van der Waals surface area contributed by atoms with Crippen molar-refractivity contribution in [3.05, 3.63) is 54.0 Å². The standard InChI is InChI=1S/C13H9NS/c1-2-7-14-12(3-1)11-5-4-10-6-8-15-13(10)9-11/h1-9H. The van der Waals surface area contributed by atoms with E-state index in [1.54, 1.807) is 11.3 Å². The molecule has 0 unspecified atom stereocenters. The lowest BCUT2D eigenvalue weighted by Gasteiger charge is -1.99. The Balaban J connectivity index is 2.19. The largest absolute Gasteiger partial charge is 0.256 e. The SMILES string of the molecule is c1ccc(-c2ccc3ccsc3c2)nc1. The number of nitrogens with zero attached hydrogens (tertiary/aromatic N) is 1. The molecule has 2 heteroatoms. The summed E-state index contributed by atoms with van der Waals surface area (Å²) < 4.78 is 1.32. The lowest BCUT2D eigenvalue weighted by molar-refractivity contribution is 1.33. The summed E-state index contributed by atoms with van der Waals surface area (Å²) in [4.78, 5) is 4.34. The Morgan fingerprint density at radius 1 is 1.00 bits per heavy atom. The van der Waals surface area contributed by atoms with Crippen LogP contribution < -0.4 is 0 Å². The molecule has 3 rings (SSSR count). The van der Waals surface area contributed by atoms with Gasteiger partial charge in [0.1, 0.15) is 0 Å². The van der Waals surface area contributed by atoms with Gasteiger partial charge in [0, 0.05) is 16.5 Å². The second-order valence-electron chi connectivity index (χ2n) is 3.39. The van der Waals surface area contributed by atoms with Gasteiger partial charge in [-0.05, 0) is 35.0 Å². The van der Waals surface area contributed by atoms with Crippen LogP contribution in [0.1, 0.15) is 0 Å². The van der Waals surface area contributed by atoms with Crippen molar-refractivity contribution < 1.29 is 0 Å². The summed E-state index contributed by atoms with van der Waals surface area (Å²) in [7, 11) is 0. The fourth-order valence-corrected chi connectivity index (χ4v) is 2.48. The van der Waals surface area contributed by atoms with E-state index in [2.05, 4.69) is 34.6 Å². The Bertz CT molecular complexity index is 584. The van der Waals surface area contributed by atoms with Gasteiger partial charge in [-0.3, -0.25) is 4.98 Å². The predicted molar refractivity (Wildman–Crippen MR) is 65.1 cm³/mol. The molecule has 2 heterocycles. The third-order valence-electron chi connectivity index (χ3n) is 2.42. The summed E-state index contributed by atoms with van der Waals surface area (Å²) >= 11 is 1.77. The highest BCUT2D eigenvalue weighted by molar-refractivity contribution is 7.17. The van der Waals surface area contributed by atoms with E-state index in [1.807, 2.05) is 24.4 Å². The number of aromatic nitrogens is 1. The summed E-state index contributed by atoms with van der Waals surface area (Å²) in [5.74, 6) is 0. The molecule has 0 amide bonds. The smallest absolute Gasteiger partial charge is 0.0702 e. The Morgan fingerprint density at radius 2 is 2.00 bits per heavy atom. The highest BCUT2D eigenvalue weighted by Gasteiger charge is 2.00. The zero-order valence-electron chi connectivity index (χ0n) is 8.05. The van der Waals surface area contributed by atoms with Crippen molar-refractivity contribution in [2.45, 2.75) is 0 Å². The van der Waals surface area contributed by atoms with Crippen molar-refractivity contribution in [1.82, 2.24) is 4.98 Å². The molecule has 0 fully saturated rings. The summed E-state index contributed by atoms with van der Waals surface area (Å²) in [6.07, 6.45) is 1.83. The van der Waals surface area contributed by atoms with E-state index >= 15 is 0 Å². The van der Waals surface area contributed by atoms with Crippen molar-refractivity contribution in [3.63, 3.8) is 0 Å². The molecule has 1 nitrogen and oxygen atoms in total. The van der Waals surface area contributed by atoms with Crippen molar-refractivity contribution in [2.75, 3.05) is 0 Å². The predicted octanol–water partition coefficient (Wildman–Crippen LogP) is 3.96. The van der Waals surface area contributed by atoms with E-state index in [4.69, 9.17) is 0 Å². The highest BCUT2D eigenvalue weighted by atomic mass is 32.1. The van der Waals surface area contributed by atoms with E-state index in [-0.39, 0.29) is 0 Å². The molecule has 2 aromatic heterocycles. The van der Waals surface area contributed by atoms with E-state index in [0.29, 0.717) is 0 Å². The van der Waals surface area contributed by atoms with Crippen molar-refractivity contribution in [3.8, 4) is 11.3 Å². The maximum atomic E-state index is 4.34. The minimum absolute atomic E-state index is 1.04. The first-order valence-corrected chi connectivity index (χ1v) is 5.70. The van der Waals surface area contributed by atoms with Crippen LogP contribution in [0, 0.1) is 0 Å². The van der Waals surface area contributed by atoms with Crippen molar-refractivity contribution in [2.24, 2.45) is 0 Å². The van der Waals surface area contributed by atoms with Crippen molar-refractivity contribution >= 4 is 21.4 Å². The highest BCUT2D eigenvalue weighted by Crippen LogP contribution is 2.26. The van der Waals surface area contributed by atoms with Crippen LogP contribution in [0.5, 0.6) is 0 Å². The van der Waals surface area contributed by atoms with E-state index < -0.39 is 0 Å². The number of thiophene rings is 1. The van der Waals surface area contributed by atoms with Gasteiger partial charge in [0.2, 0.25) is 0 Å². The number of hydrogen-bond donors (Lipinski definition) is 0. The van der Waals surface area contributed by atoms with E-state index in [0.717, 1.165) is 5.69 Å². The molecule has 1 aromatic carbocycles. The van der Waals surface area contributed by atoms with Crippen LogP contribution in [0.2, 0.25) is 0 Å². The summed E-state index contributed by atoms with van der Waals surface area (Å²) in [5.41, 5.74) is 2.22. The number of rotatable bonds is 1. The Morgan fingerprint density at radius 3 is 2.87 bits per heavy atom. The van der Waals surface area contributed by atoms with E-state index in [9.17, 15) is 0 Å². The first-order valence-electron chi connectivity index (χ1n) is 4.82. The minimum Gasteiger partial charge on any atom is -0.256 e. The summed E-state index contributed by atoms with van der Waals surface area (Å²) in [6.45, 7) is 0. The van der Waals surface area contributed by atoms with Crippen LogP contribution in [0.15, 0.2) is 54.0 Å². The third kappa shape index (κ3) is 1.53. The first kappa shape index (κ1) is 8.62. The van der Waals surface area contributed by atoms with Gasteiger partial charge >= 0.3 is 0 Å². The molecule has 0 aliphatic rings. The number of fused-ring (bicyclic) bond motifs is 1. The molecular formula is C13H9NS. The second-order valence-corrected chi connectivity index (χ2v) is 4.34. The number of hydrogen-bond acceptors (Lipinski definition) is 2. The van der Waals surface area contributed by atoms with Gasteiger partial charge in [0.05, 0.1) is 5.69 Å². The summed E-state index contributed by atoms with van der Waals surface area (Å²) in [6, 6.07) is 14.6. The molecule has 0 aliphatic heterocycles. The summed E-state index contributed by atoms with van der Waals surface area (Å²) in [5, 5.41) is 3.42. The molecule has 72 valence electrons. The van der Waals surface area contributed by atoms with Crippen LogP contribution >= 0.6 is 11.3 Å². The molecule has 0 saturated heterocycles. The fourth-order valence-electron chi connectivity index (χ4n) is 1.65. The third-order valence-corrected chi connectivity index (χ3v) is 3.30. The van der Waals surface area contributed by atoms with Crippen molar-refractivity contribution in [1.29, 1.82) is 0 Å². The van der Waals surface area contributed by atoms with E-state index in [1.165, 1.54) is 15.6 Å². The molecule has 0 spiro atoms. The molecule has 0 saturated carbocycles. The average Bonchev–Trinajstić information content (AvgIpc) is 2.77. The quantitative estimate of drug-likeness (QED) is 0.593. The first-order chi connectivity index (χ1) is 7.43. The van der Waals surface area contributed by atoms with Gasteiger partial charge in [-0.1, -0.05) is 18.2 Å². The van der Waals surface area contributed by atoms with Gasteiger partial charge in [-0.15, -0.1) is 11.3 Å². The molecular weight excluding hydrogens is 202 g/mol. The van der Waals surface area contributed by atoms with Crippen LogP contribution in [-0.4, -0.2) is 4.98 Å². The number of pyridine rings is 1. The maximum absolute atomic E-state index is 4.34. The monoisotopic (exact) mass is 211 g/mol. The van der Waals surface area contributed by atoms with Crippen LogP contribution in [0.4, 0.5) is 0 Å². The molecule has 0 bridgehead atoms. The van der Waals surface area contributed by atoms with Crippen LogP contribution in [0.3, 0.4) is 0 Å². The topological polar surface area (TPSA) is 12.9 Å². The van der Waals surface area contributed by atoms with Gasteiger partial charge in [0.25, 0.3) is 0 Å². The minimum atomic E-state index is 1.04. The molecule has 0 atom stereocenters. The molecule has 0 radical (unpaired) electrons. The van der Waals surface area contributed by atoms with Gasteiger partial charge in [-0.2, -0.15) is 0 Å². The van der Waals surface area contributed by atoms with Gasteiger partial charge in [0.15, 0.2) is 0 Å². The van der Waals surface area contributed by atoms with Gasteiger partial charge in [-0.25, -0.2) is 0 Å². The van der Waals surface area contributed by atoms with Crippen LogP contribution in [0.25, 0.3) is 21.3 Å². The molecule has 3 aromatic rings.